The van der Waals surface area contributed by atoms with Crippen LogP contribution in [0.1, 0.15) is 32.1 Å². The summed E-state index contributed by atoms with van der Waals surface area (Å²) in [6, 6.07) is 0. The molecule has 0 aromatic heterocycles. The molecule has 3 aliphatic carbocycles. The third kappa shape index (κ3) is 0.392. The Morgan fingerprint density at radius 1 is 1.20 bits per heavy atom. The largest absolute Gasteiger partial charge is 0.0735 e. The standard InChI is InChI=1S/C9H13B/c10-8-5-9-4-3-6(9)1-2-7(8)9/h6-8H,1-5H2. The Kier molecular flexibility index (Phi) is 0.832. The van der Waals surface area contributed by atoms with Crippen LogP contribution in [0, 0.1) is 17.3 Å². The summed E-state index contributed by atoms with van der Waals surface area (Å²) in [5.74, 6) is 2.65. The van der Waals surface area contributed by atoms with Crippen molar-refractivity contribution in [2.45, 2.75) is 37.9 Å². The van der Waals surface area contributed by atoms with E-state index in [-0.39, 0.29) is 0 Å². The molecular weight excluding hydrogens is 119 g/mol. The van der Waals surface area contributed by atoms with Crippen LogP contribution >= 0.6 is 0 Å². The van der Waals surface area contributed by atoms with Gasteiger partial charge in [-0.3, -0.25) is 0 Å². The Labute approximate surface area is 63.8 Å². The van der Waals surface area contributed by atoms with Gasteiger partial charge in [0.25, 0.3) is 0 Å². The molecule has 10 heavy (non-hydrogen) atoms. The molecule has 3 saturated carbocycles. The van der Waals surface area contributed by atoms with Crippen LogP contribution in [-0.2, 0) is 0 Å². The Bertz CT molecular complexity index is 178. The Balaban J connectivity index is 1.92. The molecule has 0 bridgehead atoms. The molecule has 0 saturated heterocycles. The van der Waals surface area contributed by atoms with Crippen LogP contribution in [-0.4, -0.2) is 7.85 Å². The molecule has 52 valence electrons. The van der Waals surface area contributed by atoms with Gasteiger partial charge in [0.2, 0.25) is 0 Å². The molecule has 0 amide bonds. The van der Waals surface area contributed by atoms with E-state index in [1.165, 1.54) is 32.1 Å². The van der Waals surface area contributed by atoms with Gasteiger partial charge in [0.15, 0.2) is 0 Å². The van der Waals surface area contributed by atoms with Gasteiger partial charge in [-0.05, 0) is 36.5 Å². The van der Waals surface area contributed by atoms with Crippen LogP contribution in [0.25, 0.3) is 0 Å². The summed E-state index contributed by atoms with van der Waals surface area (Å²) in [5.41, 5.74) is 0.819. The highest BCUT2D eigenvalue weighted by Gasteiger charge is 2.62. The molecule has 0 heterocycles. The smallest absolute Gasteiger partial charge is 0.0703 e. The first-order valence-corrected chi connectivity index (χ1v) is 4.58. The Hall–Kier alpha value is 0.0649. The number of hydrogen-bond donors (Lipinski definition) is 0. The van der Waals surface area contributed by atoms with E-state index in [2.05, 4.69) is 0 Å². The third-order valence-electron chi connectivity index (χ3n) is 4.47. The zero-order valence-corrected chi connectivity index (χ0v) is 6.34. The summed E-state index contributed by atoms with van der Waals surface area (Å²) < 4.78 is 0. The molecule has 2 radical (unpaired) electrons. The van der Waals surface area contributed by atoms with Crippen molar-refractivity contribution in [1.29, 1.82) is 0 Å². The first-order chi connectivity index (χ1) is 4.83. The van der Waals surface area contributed by atoms with Crippen molar-refractivity contribution in [3.63, 3.8) is 0 Å². The lowest BCUT2D eigenvalue weighted by Crippen LogP contribution is -2.50. The predicted molar refractivity (Wildman–Crippen MR) is 42.0 cm³/mol. The maximum absolute atomic E-state index is 5.94. The van der Waals surface area contributed by atoms with Crippen LogP contribution < -0.4 is 0 Å². The van der Waals surface area contributed by atoms with Gasteiger partial charge in [0.05, 0.1) is 7.85 Å². The highest BCUT2D eigenvalue weighted by molar-refractivity contribution is 6.12. The lowest BCUT2D eigenvalue weighted by atomic mass is 9.41. The van der Waals surface area contributed by atoms with Crippen LogP contribution in [0.4, 0.5) is 0 Å². The normalized spacial score (nSPS) is 63.8. The second kappa shape index (κ2) is 1.46. The fourth-order valence-corrected chi connectivity index (χ4v) is 3.79. The second-order valence-corrected chi connectivity index (χ2v) is 4.52. The minimum absolute atomic E-state index is 0.588. The van der Waals surface area contributed by atoms with Gasteiger partial charge < -0.3 is 0 Å². The van der Waals surface area contributed by atoms with Crippen molar-refractivity contribution in [2.75, 3.05) is 0 Å². The van der Waals surface area contributed by atoms with Gasteiger partial charge in [0.1, 0.15) is 0 Å². The topological polar surface area (TPSA) is 0 Å². The van der Waals surface area contributed by atoms with E-state index in [9.17, 15) is 0 Å². The van der Waals surface area contributed by atoms with E-state index in [1.54, 1.807) is 0 Å². The molecule has 3 aliphatic rings. The zero-order valence-electron chi connectivity index (χ0n) is 6.34. The second-order valence-electron chi connectivity index (χ2n) is 4.52. The van der Waals surface area contributed by atoms with Crippen molar-refractivity contribution in [3.8, 4) is 0 Å². The van der Waals surface area contributed by atoms with Crippen molar-refractivity contribution in [2.24, 2.45) is 17.3 Å². The lowest BCUT2D eigenvalue weighted by Gasteiger charge is -2.60. The van der Waals surface area contributed by atoms with Crippen molar-refractivity contribution < 1.29 is 0 Å². The molecule has 0 aromatic carbocycles. The molecule has 3 rings (SSSR count). The van der Waals surface area contributed by atoms with Gasteiger partial charge in [-0.2, -0.15) is 0 Å². The van der Waals surface area contributed by atoms with Gasteiger partial charge in [0, 0.05) is 0 Å². The quantitative estimate of drug-likeness (QED) is 0.443. The Morgan fingerprint density at radius 2 is 2.10 bits per heavy atom. The summed E-state index contributed by atoms with van der Waals surface area (Å²) in [5, 5.41) is 0. The van der Waals surface area contributed by atoms with Crippen molar-refractivity contribution in [1.82, 2.24) is 0 Å². The molecule has 0 N–H and O–H groups in total. The molecular formula is C9H13B. The summed E-state index contributed by atoms with van der Waals surface area (Å²) >= 11 is 0. The molecule has 1 heteroatoms. The van der Waals surface area contributed by atoms with Crippen molar-refractivity contribution in [3.05, 3.63) is 0 Å². The molecule has 0 nitrogen and oxygen atoms in total. The van der Waals surface area contributed by atoms with E-state index in [1.807, 2.05) is 0 Å². The van der Waals surface area contributed by atoms with E-state index in [0.717, 1.165) is 17.3 Å². The summed E-state index contributed by atoms with van der Waals surface area (Å²) in [6.45, 7) is 0. The number of rotatable bonds is 0. The SMILES string of the molecule is [B]C1CC23CCC2CCC13. The zero-order chi connectivity index (χ0) is 6.77. The molecule has 1 spiro atoms. The number of hydrogen-bond acceptors (Lipinski definition) is 0. The molecule has 4 unspecified atom stereocenters. The third-order valence-corrected chi connectivity index (χ3v) is 4.47. The predicted octanol–water partition coefficient (Wildman–Crippen LogP) is 2.15. The highest BCUT2D eigenvalue weighted by atomic mass is 14.7. The van der Waals surface area contributed by atoms with Crippen LogP contribution in [0.5, 0.6) is 0 Å². The van der Waals surface area contributed by atoms with E-state index in [4.69, 9.17) is 7.85 Å². The van der Waals surface area contributed by atoms with Gasteiger partial charge >= 0.3 is 0 Å². The average Bonchev–Trinajstić information content (AvgIpc) is 2.05. The van der Waals surface area contributed by atoms with Crippen LogP contribution in [0.3, 0.4) is 0 Å². The first-order valence-electron chi connectivity index (χ1n) is 4.58. The van der Waals surface area contributed by atoms with E-state index in [0.29, 0.717) is 5.82 Å². The minimum Gasteiger partial charge on any atom is -0.0735 e. The van der Waals surface area contributed by atoms with Gasteiger partial charge in [-0.25, -0.2) is 0 Å². The average molecular weight is 132 g/mol. The van der Waals surface area contributed by atoms with E-state index < -0.39 is 0 Å². The monoisotopic (exact) mass is 132 g/mol. The maximum atomic E-state index is 5.94. The minimum atomic E-state index is 0.588. The van der Waals surface area contributed by atoms with Crippen LogP contribution in [0.15, 0.2) is 0 Å². The molecule has 0 aliphatic heterocycles. The first kappa shape index (κ1) is 5.68. The molecule has 3 fully saturated rings. The fraction of sp³-hybridized carbons (Fsp3) is 1.00. The lowest BCUT2D eigenvalue weighted by molar-refractivity contribution is -0.0621. The highest BCUT2D eigenvalue weighted by Crippen LogP contribution is 2.73. The summed E-state index contributed by atoms with van der Waals surface area (Å²) in [7, 11) is 5.94. The van der Waals surface area contributed by atoms with Gasteiger partial charge in [-0.1, -0.05) is 18.7 Å². The maximum Gasteiger partial charge on any atom is 0.0703 e. The summed E-state index contributed by atoms with van der Waals surface area (Å²) in [4.78, 5) is 0. The molecule has 0 aromatic rings. The fourth-order valence-electron chi connectivity index (χ4n) is 3.79. The Morgan fingerprint density at radius 3 is 2.60 bits per heavy atom. The molecule has 4 atom stereocenters. The van der Waals surface area contributed by atoms with E-state index >= 15 is 0 Å². The van der Waals surface area contributed by atoms with Crippen molar-refractivity contribution >= 4 is 7.85 Å². The van der Waals surface area contributed by atoms with Gasteiger partial charge in [-0.15, -0.1) is 0 Å². The van der Waals surface area contributed by atoms with Crippen LogP contribution in [0.2, 0.25) is 5.82 Å². The summed E-state index contributed by atoms with van der Waals surface area (Å²) in [6.07, 6.45) is 7.34.